The second kappa shape index (κ2) is 6.67. The molecule has 5 nitrogen and oxygen atoms in total. The highest BCUT2D eigenvalue weighted by Crippen LogP contribution is 2.37. The van der Waals surface area contributed by atoms with Gasteiger partial charge in [0.05, 0.1) is 0 Å². The van der Waals surface area contributed by atoms with Crippen LogP contribution in [-0.2, 0) is 4.79 Å². The van der Waals surface area contributed by atoms with Crippen molar-refractivity contribution in [2.45, 2.75) is 44.9 Å². The smallest absolute Gasteiger partial charge is 0.317 e. The molecular formula is C16H27N3O2. The summed E-state index contributed by atoms with van der Waals surface area (Å²) in [7, 11) is 0. The molecule has 2 N–H and O–H groups in total. The first-order valence-electron chi connectivity index (χ1n) is 8.54. The number of rotatable bonds is 5. The van der Waals surface area contributed by atoms with Gasteiger partial charge in [-0.1, -0.05) is 12.8 Å². The van der Waals surface area contributed by atoms with Gasteiger partial charge in [-0.2, -0.15) is 0 Å². The van der Waals surface area contributed by atoms with Gasteiger partial charge >= 0.3 is 6.03 Å². The van der Waals surface area contributed by atoms with Gasteiger partial charge in [0.2, 0.25) is 5.91 Å². The lowest BCUT2D eigenvalue weighted by molar-refractivity contribution is -0.127. The second-order valence-corrected chi connectivity index (χ2v) is 6.86. The van der Waals surface area contributed by atoms with E-state index in [1.54, 1.807) is 0 Å². The molecule has 3 amide bonds. The first kappa shape index (κ1) is 14.7. The van der Waals surface area contributed by atoms with Crippen LogP contribution in [0.4, 0.5) is 4.79 Å². The van der Waals surface area contributed by atoms with Gasteiger partial charge < -0.3 is 15.5 Å². The Balaban J connectivity index is 1.25. The summed E-state index contributed by atoms with van der Waals surface area (Å²) in [4.78, 5) is 25.7. The van der Waals surface area contributed by atoms with Crippen molar-refractivity contribution in [1.29, 1.82) is 0 Å². The number of likely N-dealkylation sites (tertiary alicyclic amines) is 1. The Hall–Kier alpha value is -1.26. The minimum atomic E-state index is 0.0784. The standard InChI is InChI=1S/C16H27N3O2/c20-15(12-4-1-5-12)17-8-3-9-18-16(21)19-10-13-6-2-7-14(13)11-19/h12-14H,1-11H2,(H,17,20)(H,18,21)/t13-,14+. The number of fused-ring (bicyclic) bond motifs is 1. The lowest BCUT2D eigenvalue weighted by atomic mass is 9.85. The van der Waals surface area contributed by atoms with Crippen LogP contribution < -0.4 is 10.6 Å². The Kier molecular flexibility index (Phi) is 4.66. The summed E-state index contributed by atoms with van der Waals surface area (Å²) in [6.07, 6.45) is 8.01. The maximum absolute atomic E-state index is 12.1. The quantitative estimate of drug-likeness (QED) is 0.758. The number of amides is 3. The number of hydrogen-bond acceptors (Lipinski definition) is 2. The minimum absolute atomic E-state index is 0.0784. The second-order valence-electron chi connectivity index (χ2n) is 6.86. The van der Waals surface area contributed by atoms with E-state index in [1.165, 1.54) is 25.7 Å². The zero-order valence-corrected chi connectivity index (χ0v) is 12.8. The molecule has 0 radical (unpaired) electrons. The van der Waals surface area contributed by atoms with Gasteiger partial charge in [0.1, 0.15) is 0 Å². The molecule has 0 aromatic carbocycles. The highest BCUT2D eigenvalue weighted by atomic mass is 16.2. The lowest BCUT2D eigenvalue weighted by Gasteiger charge is -2.24. The number of nitrogens with one attached hydrogen (secondary N) is 2. The molecule has 21 heavy (non-hydrogen) atoms. The molecule has 3 fully saturated rings. The van der Waals surface area contributed by atoms with Crippen molar-refractivity contribution in [3.05, 3.63) is 0 Å². The van der Waals surface area contributed by atoms with E-state index in [4.69, 9.17) is 0 Å². The van der Waals surface area contributed by atoms with Crippen LogP contribution in [0.15, 0.2) is 0 Å². The van der Waals surface area contributed by atoms with E-state index in [-0.39, 0.29) is 17.9 Å². The molecule has 1 aliphatic heterocycles. The third-order valence-electron chi connectivity index (χ3n) is 5.42. The Morgan fingerprint density at radius 2 is 1.52 bits per heavy atom. The first-order chi connectivity index (χ1) is 10.2. The van der Waals surface area contributed by atoms with Gasteiger partial charge in [-0.3, -0.25) is 4.79 Å². The van der Waals surface area contributed by atoms with Crippen molar-refractivity contribution >= 4 is 11.9 Å². The lowest BCUT2D eigenvalue weighted by Crippen LogP contribution is -2.40. The van der Waals surface area contributed by atoms with Gasteiger partial charge in [-0.15, -0.1) is 0 Å². The summed E-state index contributed by atoms with van der Waals surface area (Å²) < 4.78 is 0. The van der Waals surface area contributed by atoms with Gasteiger partial charge in [-0.25, -0.2) is 4.79 Å². The minimum Gasteiger partial charge on any atom is -0.356 e. The van der Waals surface area contributed by atoms with Crippen LogP contribution in [-0.4, -0.2) is 43.0 Å². The van der Waals surface area contributed by atoms with Crippen molar-refractivity contribution in [3.8, 4) is 0 Å². The Morgan fingerprint density at radius 3 is 2.14 bits per heavy atom. The topological polar surface area (TPSA) is 61.4 Å². The Bertz CT molecular complexity index is 383. The number of carbonyl (C=O) groups is 2. The zero-order valence-electron chi connectivity index (χ0n) is 12.8. The monoisotopic (exact) mass is 293 g/mol. The molecule has 3 rings (SSSR count). The summed E-state index contributed by atoms with van der Waals surface area (Å²) in [5.41, 5.74) is 0. The van der Waals surface area contributed by atoms with Crippen LogP contribution in [0.25, 0.3) is 0 Å². The van der Waals surface area contributed by atoms with Crippen LogP contribution in [0.3, 0.4) is 0 Å². The predicted molar refractivity (Wildman–Crippen MR) is 80.8 cm³/mol. The zero-order chi connectivity index (χ0) is 14.7. The van der Waals surface area contributed by atoms with Crippen LogP contribution in [0, 0.1) is 17.8 Å². The summed E-state index contributed by atoms with van der Waals surface area (Å²) in [5.74, 6) is 1.94. The van der Waals surface area contributed by atoms with E-state index < -0.39 is 0 Å². The van der Waals surface area contributed by atoms with E-state index in [0.717, 1.165) is 44.2 Å². The molecule has 0 spiro atoms. The normalized spacial score (nSPS) is 28.1. The molecule has 2 aliphatic carbocycles. The Morgan fingerprint density at radius 1 is 0.905 bits per heavy atom. The molecule has 5 heteroatoms. The van der Waals surface area contributed by atoms with Gasteiger partial charge in [0, 0.05) is 32.1 Å². The summed E-state index contributed by atoms with van der Waals surface area (Å²) >= 11 is 0. The third-order valence-corrected chi connectivity index (χ3v) is 5.42. The molecule has 1 heterocycles. The maximum Gasteiger partial charge on any atom is 0.317 e. The number of hydrogen-bond donors (Lipinski definition) is 2. The molecule has 0 aromatic heterocycles. The molecule has 0 unspecified atom stereocenters. The summed E-state index contributed by atoms with van der Waals surface area (Å²) in [5, 5.41) is 5.94. The van der Waals surface area contributed by atoms with Crippen LogP contribution in [0.1, 0.15) is 44.9 Å². The molecule has 118 valence electrons. The van der Waals surface area contributed by atoms with E-state index in [1.807, 2.05) is 4.90 Å². The van der Waals surface area contributed by atoms with Crippen LogP contribution >= 0.6 is 0 Å². The molecule has 3 aliphatic rings. The van der Waals surface area contributed by atoms with Gasteiger partial charge in [-0.05, 0) is 43.9 Å². The molecule has 0 bridgehead atoms. The predicted octanol–water partition coefficient (Wildman–Crippen LogP) is 1.73. The molecule has 0 aromatic rings. The Labute approximate surface area is 126 Å². The highest BCUT2D eigenvalue weighted by Gasteiger charge is 2.37. The fourth-order valence-electron chi connectivity index (χ4n) is 3.82. The first-order valence-corrected chi connectivity index (χ1v) is 8.54. The third kappa shape index (κ3) is 3.50. The number of carbonyl (C=O) groups excluding carboxylic acids is 2. The fraction of sp³-hybridized carbons (Fsp3) is 0.875. The number of urea groups is 1. The van der Waals surface area contributed by atoms with Gasteiger partial charge in [0.15, 0.2) is 0 Å². The average molecular weight is 293 g/mol. The van der Waals surface area contributed by atoms with Gasteiger partial charge in [0.25, 0.3) is 0 Å². The van der Waals surface area contributed by atoms with Crippen molar-refractivity contribution in [2.24, 2.45) is 17.8 Å². The molecule has 2 saturated carbocycles. The summed E-state index contributed by atoms with van der Waals surface area (Å²) in [6, 6.07) is 0.0784. The van der Waals surface area contributed by atoms with E-state index in [2.05, 4.69) is 10.6 Å². The molecule has 2 atom stereocenters. The average Bonchev–Trinajstić information content (AvgIpc) is 2.96. The summed E-state index contributed by atoms with van der Waals surface area (Å²) in [6.45, 7) is 3.19. The molecular weight excluding hydrogens is 266 g/mol. The maximum atomic E-state index is 12.1. The highest BCUT2D eigenvalue weighted by molar-refractivity contribution is 5.79. The molecule has 1 saturated heterocycles. The van der Waals surface area contributed by atoms with Crippen molar-refractivity contribution in [1.82, 2.24) is 15.5 Å². The van der Waals surface area contributed by atoms with Crippen molar-refractivity contribution in [2.75, 3.05) is 26.2 Å². The van der Waals surface area contributed by atoms with E-state index in [0.29, 0.717) is 13.1 Å². The van der Waals surface area contributed by atoms with E-state index in [9.17, 15) is 9.59 Å². The fourth-order valence-corrected chi connectivity index (χ4v) is 3.82. The van der Waals surface area contributed by atoms with Crippen LogP contribution in [0.5, 0.6) is 0 Å². The van der Waals surface area contributed by atoms with Crippen molar-refractivity contribution in [3.63, 3.8) is 0 Å². The SMILES string of the molecule is O=C(NCCCNC(=O)N1C[C@H]2CCC[C@H]2C1)C1CCC1. The van der Waals surface area contributed by atoms with E-state index >= 15 is 0 Å². The van der Waals surface area contributed by atoms with Crippen LogP contribution in [0.2, 0.25) is 0 Å². The largest absolute Gasteiger partial charge is 0.356 e. The number of nitrogens with zero attached hydrogens (tertiary/aromatic N) is 1. The van der Waals surface area contributed by atoms with Crippen molar-refractivity contribution < 1.29 is 9.59 Å².